The highest BCUT2D eigenvalue weighted by Gasteiger charge is 2.33. The van der Waals surface area contributed by atoms with Gasteiger partial charge in [0, 0.05) is 41.5 Å². The van der Waals surface area contributed by atoms with Crippen LogP contribution in [0.4, 0.5) is 0 Å². The molecule has 2 N–H and O–H groups in total. The number of hydroxylamine groups is 2. The first-order valence-electron chi connectivity index (χ1n) is 10.8. The van der Waals surface area contributed by atoms with Crippen LogP contribution < -0.4 is 5.43 Å². The molecule has 0 spiro atoms. The van der Waals surface area contributed by atoms with Gasteiger partial charge in [0.2, 0.25) is 0 Å². The summed E-state index contributed by atoms with van der Waals surface area (Å²) in [5.74, 6) is -3.26. The Balaban J connectivity index is 1.60. The van der Waals surface area contributed by atoms with Crippen LogP contribution in [0.1, 0.15) is 28.8 Å². The van der Waals surface area contributed by atoms with Crippen molar-refractivity contribution in [3.63, 3.8) is 0 Å². The Bertz CT molecular complexity index is 1600. The maximum absolute atomic E-state index is 12.3. The number of nitrogens with zero attached hydrogens (tertiary/aromatic N) is 1. The van der Waals surface area contributed by atoms with Crippen molar-refractivity contribution in [2.75, 3.05) is 0 Å². The molecule has 1 saturated heterocycles. The van der Waals surface area contributed by atoms with Crippen LogP contribution in [0.2, 0.25) is 0 Å². The minimum absolute atomic E-state index is 0.0408. The van der Waals surface area contributed by atoms with Crippen LogP contribution in [0.15, 0.2) is 63.8 Å². The van der Waals surface area contributed by atoms with Crippen molar-refractivity contribution in [1.82, 2.24) is 5.06 Å². The standard InChI is InChI=1S/C26H17NO9/c28-14-2-5-17-20(11-14)35-21-12-15(29)3-6-18(21)25(17)16-4-1-13(9-19(16)26(33)34)10-24(32)36-27-22(30)7-8-23(27)31/h1-6,9,11-12,28H,7-8,10H2,(H,33,34). The number of hydrogen-bond donors (Lipinski definition) is 2. The first-order valence-corrected chi connectivity index (χ1v) is 10.8. The Kier molecular flexibility index (Phi) is 5.48. The van der Waals surface area contributed by atoms with Gasteiger partial charge in [0.05, 0.1) is 12.0 Å². The highest BCUT2D eigenvalue weighted by Crippen LogP contribution is 2.42. The van der Waals surface area contributed by atoms with Crippen molar-refractivity contribution in [2.45, 2.75) is 19.3 Å². The summed E-state index contributed by atoms with van der Waals surface area (Å²) in [5, 5.41) is 20.8. The number of imide groups is 1. The number of carbonyl (C=O) groups is 4. The van der Waals surface area contributed by atoms with E-state index in [0.29, 0.717) is 27.1 Å². The van der Waals surface area contributed by atoms with Gasteiger partial charge in [-0.2, -0.15) is 0 Å². The molecule has 0 atom stereocenters. The molecule has 36 heavy (non-hydrogen) atoms. The summed E-state index contributed by atoms with van der Waals surface area (Å²) >= 11 is 0. The van der Waals surface area contributed by atoms with Gasteiger partial charge >= 0.3 is 11.9 Å². The Morgan fingerprint density at radius 1 is 0.917 bits per heavy atom. The number of fused-ring (bicyclic) bond motifs is 2. The van der Waals surface area contributed by atoms with Crippen molar-refractivity contribution < 1.29 is 38.6 Å². The molecule has 2 aromatic rings. The second-order valence-electron chi connectivity index (χ2n) is 8.22. The summed E-state index contributed by atoms with van der Waals surface area (Å²) < 4.78 is 5.80. The van der Waals surface area contributed by atoms with Crippen LogP contribution in [0.25, 0.3) is 33.4 Å². The number of phenols is 1. The zero-order valence-electron chi connectivity index (χ0n) is 18.5. The van der Waals surface area contributed by atoms with Crippen LogP contribution in [-0.4, -0.2) is 39.0 Å². The average Bonchev–Trinajstić information content (AvgIpc) is 3.14. The van der Waals surface area contributed by atoms with Gasteiger partial charge in [0.1, 0.15) is 17.1 Å². The molecule has 0 saturated carbocycles. The van der Waals surface area contributed by atoms with Crippen LogP contribution in [0.3, 0.4) is 0 Å². The van der Waals surface area contributed by atoms with Gasteiger partial charge in [-0.25, -0.2) is 9.59 Å². The highest BCUT2D eigenvalue weighted by molar-refractivity contribution is 6.07. The van der Waals surface area contributed by atoms with Crippen molar-refractivity contribution in [2.24, 2.45) is 0 Å². The fraction of sp³-hybridized carbons (Fsp3) is 0.115. The van der Waals surface area contributed by atoms with Crippen LogP contribution in [-0.2, 0) is 25.6 Å². The molecule has 3 aliphatic rings. The minimum atomic E-state index is -1.27. The molecule has 1 fully saturated rings. The molecular weight excluding hydrogens is 470 g/mol. The molecule has 0 unspecified atom stereocenters. The minimum Gasteiger partial charge on any atom is -0.508 e. The maximum Gasteiger partial charge on any atom is 0.337 e. The van der Waals surface area contributed by atoms with E-state index in [0.717, 1.165) is 0 Å². The predicted octanol–water partition coefficient (Wildman–Crippen LogP) is 3.12. The van der Waals surface area contributed by atoms with Gasteiger partial charge < -0.3 is 19.5 Å². The van der Waals surface area contributed by atoms with Gasteiger partial charge in [-0.3, -0.25) is 14.4 Å². The van der Waals surface area contributed by atoms with Crippen molar-refractivity contribution in [3.05, 3.63) is 75.9 Å². The van der Waals surface area contributed by atoms with E-state index < -0.39 is 23.8 Å². The van der Waals surface area contributed by atoms with E-state index in [4.69, 9.17) is 9.25 Å². The molecule has 0 aromatic heterocycles. The molecule has 2 aliphatic heterocycles. The van der Waals surface area contributed by atoms with Gasteiger partial charge in [0.25, 0.3) is 11.8 Å². The van der Waals surface area contributed by atoms with E-state index in [1.807, 2.05) is 0 Å². The third kappa shape index (κ3) is 4.05. The molecule has 2 amide bonds. The molecular formula is C26H17NO9. The van der Waals surface area contributed by atoms with E-state index in [1.54, 1.807) is 6.07 Å². The maximum atomic E-state index is 12.3. The second kappa shape index (κ2) is 8.66. The monoisotopic (exact) mass is 487 g/mol. The molecule has 2 heterocycles. The lowest BCUT2D eigenvalue weighted by Gasteiger charge is -2.17. The number of amides is 2. The largest absolute Gasteiger partial charge is 0.508 e. The molecule has 0 radical (unpaired) electrons. The third-order valence-electron chi connectivity index (χ3n) is 5.81. The van der Waals surface area contributed by atoms with Crippen molar-refractivity contribution in [1.29, 1.82) is 0 Å². The number of aromatic carboxylic acids is 1. The molecule has 10 heteroatoms. The lowest BCUT2D eigenvalue weighted by molar-refractivity contribution is -0.197. The van der Waals surface area contributed by atoms with Crippen molar-refractivity contribution >= 4 is 34.7 Å². The second-order valence-corrected chi connectivity index (χ2v) is 8.22. The fourth-order valence-electron chi connectivity index (χ4n) is 4.20. The topological polar surface area (TPSA) is 151 Å². The number of rotatable bonds is 5. The molecule has 5 rings (SSSR count). The molecule has 1 aliphatic carbocycles. The average molecular weight is 487 g/mol. The summed E-state index contributed by atoms with van der Waals surface area (Å²) in [6, 6.07) is 12.9. The fourth-order valence-corrected chi connectivity index (χ4v) is 4.20. The normalized spacial score (nSPS) is 13.5. The van der Waals surface area contributed by atoms with E-state index in [2.05, 4.69) is 0 Å². The van der Waals surface area contributed by atoms with Crippen LogP contribution in [0, 0.1) is 0 Å². The predicted molar refractivity (Wildman–Crippen MR) is 124 cm³/mol. The Hall–Kier alpha value is -4.99. The first kappa shape index (κ1) is 22.8. The summed E-state index contributed by atoms with van der Waals surface area (Å²) in [6.07, 6.45) is -0.460. The van der Waals surface area contributed by atoms with Crippen LogP contribution in [0.5, 0.6) is 5.75 Å². The Morgan fingerprint density at radius 3 is 2.36 bits per heavy atom. The molecule has 0 bridgehead atoms. The van der Waals surface area contributed by atoms with E-state index in [1.165, 1.54) is 48.5 Å². The van der Waals surface area contributed by atoms with Crippen LogP contribution >= 0.6 is 0 Å². The molecule has 2 aromatic carbocycles. The lowest BCUT2D eigenvalue weighted by Crippen LogP contribution is -2.32. The van der Waals surface area contributed by atoms with Crippen molar-refractivity contribution in [3.8, 4) is 28.2 Å². The number of benzene rings is 3. The zero-order valence-corrected chi connectivity index (χ0v) is 18.5. The number of hydrogen-bond acceptors (Lipinski definition) is 8. The van der Waals surface area contributed by atoms with Gasteiger partial charge in [-0.15, -0.1) is 5.06 Å². The SMILES string of the molecule is O=C(Cc1ccc(-c2c3ccc(=O)cc-3oc3cc(O)ccc23)c(C(=O)O)c1)ON1C(=O)CCC1=O. The summed E-state index contributed by atoms with van der Waals surface area (Å²) in [4.78, 5) is 64.7. The number of carbonyl (C=O) groups excluding carboxylic acids is 3. The summed E-state index contributed by atoms with van der Waals surface area (Å²) in [6.45, 7) is 0. The highest BCUT2D eigenvalue weighted by atomic mass is 16.7. The zero-order chi connectivity index (χ0) is 25.6. The quantitative estimate of drug-likeness (QED) is 0.319. The van der Waals surface area contributed by atoms with Gasteiger partial charge in [-0.1, -0.05) is 12.1 Å². The molecule has 180 valence electrons. The summed E-state index contributed by atoms with van der Waals surface area (Å²) in [5.41, 5.74) is 1.32. The third-order valence-corrected chi connectivity index (χ3v) is 5.81. The first-order chi connectivity index (χ1) is 17.2. The number of phenolic OH excluding ortho intramolecular Hbond substituents is 1. The van der Waals surface area contributed by atoms with E-state index in [-0.39, 0.29) is 52.9 Å². The van der Waals surface area contributed by atoms with Gasteiger partial charge in [0.15, 0.2) is 5.43 Å². The Morgan fingerprint density at radius 2 is 1.64 bits per heavy atom. The number of aromatic hydroxyl groups is 1. The smallest absolute Gasteiger partial charge is 0.337 e. The summed E-state index contributed by atoms with van der Waals surface area (Å²) in [7, 11) is 0. The lowest BCUT2D eigenvalue weighted by atomic mass is 9.89. The number of carboxylic acids is 1. The van der Waals surface area contributed by atoms with E-state index in [9.17, 15) is 34.2 Å². The van der Waals surface area contributed by atoms with E-state index >= 15 is 0 Å². The van der Waals surface area contributed by atoms with Gasteiger partial charge in [-0.05, 0) is 41.5 Å². The Labute approximate surface area is 202 Å². The number of carboxylic acid groups (broad SMARTS) is 1. The molecule has 10 nitrogen and oxygen atoms in total.